The molecule has 21 heavy (non-hydrogen) atoms. The molecule has 0 unspecified atom stereocenters. The van der Waals surface area contributed by atoms with Crippen LogP contribution in [-0.4, -0.2) is 23.2 Å². The molecule has 4 nitrogen and oxygen atoms in total. The maximum atomic E-state index is 5.60. The van der Waals surface area contributed by atoms with Crippen LogP contribution in [0, 0.1) is 0 Å². The number of imidazole rings is 1. The minimum atomic E-state index is 0.577. The molecule has 0 bridgehead atoms. The highest BCUT2D eigenvalue weighted by Gasteiger charge is 2.16. The quantitative estimate of drug-likeness (QED) is 0.642. The van der Waals surface area contributed by atoms with Crippen molar-refractivity contribution in [3.05, 3.63) is 39.3 Å². The largest absolute Gasteiger partial charge is 0.486 e. The fourth-order valence-electron chi connectivity index (χ4n) is 2.36. The molecule has 3 aromatic rings. The van der Waals surface area contributed by atoms with Crippen LogP contribution in [0.3, 0.4) is 0 Å². The molecule has 6 heteroatoms. The van der Waals surface area contributed by atoms with E-state index in [1.165, 1.54) is 0 Å². The second kappa shape index (κ2) is 5.03. The van der Waals surface area contributed by atoms with Crippen molar-refractivity contribution in [1.82, 2.24) is 9.97 Å². The number of aromatic amines is 1. The number of halogens is 2. The summed E-state index contributed by atoms with van der Waals surface area (Å²) in [7, 11) is 0. The van der Waals surface area contributed by atoms with Crippen LogP contribution in [0.5, 0.6) is 11.5 Å². The molecule has 0 spiro atoms. The lowest BCUT2D eigenvalue weighted by Gasteiger charge is -2.17. The molecule has 2 aromatic carbocycles. The lowest BCUT2D eigenvalue weighted by molar-refractivity contribution is 0.172. The van der Waals surface area contributed by atoms with Gasteiger partial charge in [-0.25, -0.2) is 4.98 Å². The van der Waals surface area contributed by atoms with Crippen LogP contribution >= 0.6 is 31.9 Å². The van der Waals surface area contributed by atoms with E-state index in [0.29, 0.717) is 13.2 Å². The number of ether oxygens (including phenoxy) is 2. The highest BCUT2D eigenvalue weighted by Crippen LogP contribution is 2.36. The number of nitrogens with one attached hydrogen (secondary N) is 1. The van der Waals surface area contributed by atoms with Crippen LogP contribution in [0.2, 0.25) is 0 Å². The van der Waals surface area contributed by atoms with Crippen molar-refractivity contribution >= 4 is 42.9 Å². The number of nitrogens with zero attached hydrogens (tertiary/aromatic N) is 1. The molecule has 1 aliphatic heterocycles. The Balaban J connectivity index is 1.86. The molecule has 106 valence electrons. The molecule has 1 aromatic heterocycles. The lowest BCUT2D eigenvalue weighted by Crippen LogP contribution is -2.15. The second-order valence-corrected chi connectivity index (χ2v) is 6.49. The van der Waals surface area contributed by atoms with Gasteiger partial charge < -0.3 is 14.5 Å². The lowest BCUT2D eigenvalue weighted by atomic mass is 10.2. The third kappa shape index (κ3) is 2.32. The summed E-state index contributed by atoms with van der Waals surface area (Å²) in [6.07, 6.45) is 0. The van der Waals surface area contributed by atoms with Crippen molar-refractivity contribution in [3.63, 3.8) is 0 Å². The average Bonchev–Trinajstić information content (AvgIpc) is 2.87. The first-order chi connectivity index (χ1) is 10.2. The van der Waals surface area contributed by atoms with E-state index in [2.05, 4.69) is 41.8 Å². The maximum absolute atomic E-state index is 5.60. The highest BCUT2D eigenvalue weighted by molar-refractivity contribution is 9.11. The number of hydrogen-bond acceptors (Lipinski definition) is 3. The monoisotopic (exact) mass is 408 g/mol. The molecule has 2 heterocycles. The number of fused-ring (bicyclic) bond motifs is 2. The summed E-state index contributed by atoms with van der Waals surface area (Å²) in [5.74, 6) is 2.33. The number of hydrogen-bond donors (Lipinski definition) is 1. The Bertz CT molecular complexity index is 802. The molecular formula is C15H10Br2N2O2. The van der Waals surface area contributed by atoms with Crippen LogP contribution in [0.4, 0.5) is 0 Å². The molecule has 1 aliphatic rings. The van der Waals surface area contributed by atoms with E-state index >= 15 is 0 Å². The van der Waals surface area contributed by atoms with E-state index in [0.717, 1.165) is 42.9 Å². The Hall–Kier alpha value is -1.53. The Labute approximate surface area is 137 Å². The van der Waals surface area contributed by atoms with Crippen molar-refractivity contribution < 1.29 is 9.47 Å². The van der Waals surface area contributed by atoms with Crippen molar-refractivity contribution in [2.24, 2.45) is 0 Å². The highest BCUT2D eigenvalue weighted by atomic mass is 79.9. The van der Waals surface area contributed by atoms with Crippen molar-refractivity contribution in [1.29, 1.82) is 0 Å². The zero-order valence-electron chi connectivity index (χ0n) is 10.8. The van der Waals surface area contributed by atoms with Crippen molar-refractivity contribution in [2.75, 3.05) is 13.2 Å². The predicted molar refractivity (Wildman–Crippen MR) is 87.9 cm³/mol. The Morgan fingerprint density at radius 3 is 2.52 bits per heavy atom. The predicted octanol–water partition coefficient (Wildman–Crippen LogP) is 4.53. The fraction of sp³-hybridized carbons (Fsp3) is 0.133. The second-order valence-electron chi connectivity index (χ2n) is 4.72. The molecule has 0 saturated heterocycles. The van der Waals surface area contributed by atoms with Crippen molar-refractivity contribution in [3.8, 4) is 22.9 Å². The van der Waals surface area contributed by atoms with E-state index in [4.69, 9.17) is 9.47 Å². The first-order valence-electron chi connectivity index (χ1n) is 6.45. The van der Waals surface area contributed by atoms with E-state index in [-0.39, 0.29) is 0 Å². The van der Waals surface area contributed by atoms with Gasteiger partial charge in [0.15, 0.2) is 11.5 Å². The molecule has 4 rings (SSSR count). The van der Waals surface area contributed by atoms with E-state index in [9.17, 15) is 0 Å². The summed E-state index contributed by atoms with van der Waals surface area (Å²) in [5, 5.41) is 0. The number of rotatable bonds is 1. The molecule has 0 fully saturated rings. The smallest absolute Gasteiger partial charge is 0.163 e. The zero-order valence-corrected chi connectivity index (χ0v) is 14.0. The van der Waals surface area contributed by atoms with E-state index < -0.39 is 0 Å². The van der Waals surface area contributed by atoms with E-state index in [1.54, 1.807) is 0 Å². The Morgan fingerprint density at radius 1 is 1.00 bits per heavy atom. The summed E-state index contributed by atoms with van der Waals surface area (Å²) in [6.45, 7) is 1.16. The first kappa shape index (κ1) is 13.2. The van der Waals surface area contributed by atoms with Crippen molar-refractivity contribution in [2.45, 2.75) is 0 Å². The normalized spacial score (nSPS) is 13.6. The van der Waals surface area contributed by atoms with Gasteiger partial charge in [-0.05, 0) is 34.1 Å². The van der Waals surface area contributed by atoms with Crippen LogP contribution < -0.4 is 9.47 Å². The fourth-order valence-corrected chi connectivity index (χ4v) is 3.59. The number of benzene rings is 2. The summed E-state index contributed by atoms with van der Waals surface area (Å²) in [6, 6.07) is 9.85. The average molecular weight is 410 g/mol. The van der Waals surface area contributed by atoms with E-state index in [1.807, 2.05) is 30.3 Å². The number of H-pyrrole nitrogens is 1. The van der Waals surface area contributed by atoms with Crippen LogP contribution in [0.15, 0.2) is 39.3 Å². The van der Waals surface area contributed by atoms with Gasteiger partial charge >= 0.3 is 0 Å². The standard InChI is InChI=1S/C15H10Br2N2O2/c16-8-1-2-9(10(17)5-8)15-18-11-6-13-14(7-12(11)19-15)21-4-3-20-13/h1-2,5-7H,3-4H2,(H,18,19). The van der Waals surface area contributed by atoms with Gasteiger partial charge in [-0.3, -0.25) is 0 Å². The molecule has 0 amide bonds. The van der Waals surface area contributed by atoms with Gasteiger partial charge in [0.1, 0.15) is 19.0 Å². The summed E-state index contributed by atoms with van der Waals surface area (Å²) < 4.78 is 13.2. The van der Waals surface area contributed by atoms with Gasteiger partial charge in [0, 0.05) is 26.6 Å². The molecular weight excluding hydrogens is 400 g/mol. The van der Waals surface area contributed by atoms with Gasteiger partial charge in [0.2, 0.25) is 0 Å². The van der Waals surface area contributed by atoms with Crippen LogP contribution in [0.1, 0.15) is 0 Å². The minimum absolute atomic E-state index is 0.577. The topological polar surface area (TPSA) is 47.1 Å². The molecule has 0 saturated carbocycles. The SMILES string of the molecule is Brc1ccc(-c2nc3cc4c(cc3[nH]2)OCCO4)c(Br)c1. The number of aromatic nitrogens is 2. The van der Waals surface area contributed by atoms with Gasteiger partial charge in [-0.2, -0.15) is 0 Å². The third-order valence-electron chi connectivity index (χ3n) is 3.33. The van der Waals surface area contributed by atoms with Gasteiger partial charge in [0.05, 0.1) is 11.0 Å². The Kier molecular flexibility index (Phi) is 3.15. The van der Waals surface area contributed by atoms with Crippen LogP contribution in [0.25, 0.3) is 22.4 Å². The maximum Gasteiger partial charge on any atom is 0.163 e. The molecule has 0 atom stereocenters. The Morgan fingerprint density at radius 2 is 1.76 bits per heavy atom. The third-order valence-corrected chi connectivity index (χ3v) is 4.48. The van der Waals surface area contributed by atoms with Gasteiger partial charge in [-0.1, -0.05) is 15.9 Å². The minimum Gasteiger partial charge on any atom is -0.486 e. The molecule has 0 radical (unpaired) electrons. The van der Waals surface area contributed by atoms with Crippen LogP contribution in [-0.2, 0) is 0 Å². The summed E-state index contributed by atoms with van der Waals surface area (Å²) in [5.41, 5.74) is 2.81. The first-order valence-corrected chi connectivity index (χ1v) is 8.04. The molecule has 0 aliphatic carbocycles. The zero-order chi connectivity index (χ0) is 14.4. The van der Waals surface area contributed by atoms with Gasteiger partial charge in [0.25, 0.3) is 0 Å². The van der Waals surface area contributed by atoms with Gasteiger partial charge in [-0.15, -0.1) is 0 Å². The summed E-state index contributed by atoms with van der Waals surface area (Å²) >= 11 is 7.02. The molecule has 1 N–H and O–H groups in total. The summed E-state index contributed by atoms with van der Waals surface area (Å²) in [4.78, 5) is 7.98.